The minimum atomic E-state index is 0.325. The van der Waals surface area contributed by atoms with E-state index in [1.807, 2.05) is 30.5 Å². The summed E-state index contributed by atoms with van der Waals surface area (Å²) in [4.78, 5) is 10.6. The molecule has 0 aliphatic carbocycles. The maximum Gasteiger partial charge on any atom is 0.128 e. The second kappa shape index (κ2) is 5.57. The molecule has 1 atom stereocenters. The molecule has 100 valence electrons. The van der Waals surface area contributed by atoms with Crippen LogP contribution in [0.25, 0.3) is 0 Å². The van der Waals surface area contributed by atoms with E-state index >= 15 is 0 Å². The summed E-state index contributed by atoms with van der Waals surface area (Å²) in [5.41, 5.74) is 1.44. The average molecular weight is 265 g/mol. The van der Waals surface area contributed by atoms with Crippen LogP contribution < -0.4 is 10.2 Å². The molecule has 0 amide bonds. The topological polar surface area (TPSA) is 64.8 Å². The molecule has 0 bridgehead atoms. The van der Waals surface area contributed by atoms with Gasteiger partial charge in [-0.1, -0.05) is 6.07 Å². The Morgan fingerprint density at radius 2 is 2.25 bits per heavy atom. The average Bonchev–Trinajstić information content (AvgIpc) is 2.97. The van der Waals surface area contributed by atoms with Gasteiger partial charge in [0.05, 0.1) is 11.3 Å². The molecule has 0 saturated carbocycles. The number of hydrogen-bond acceptors (Lipinski definition) is 5. The van der Waals surface area contributed by atoms with Gasteiger partial charge in [-0.2, -0.15) is 5.26 Å². The van der Waals surface area contributed by atoms with Gasteiger partial charge in [-0.15, -0.1) is 0 Å². The van der Waals surface area contributed by atoms with Crippen LogP contribution in [0.3, 0.4) is 0 Å². The van der Waals surface area contributed by atoms with Crippen molar-refractivity contribution in [3.63, 3.8) is 0 Å². The molecule has 0 aromatic carbocycles. The Kier molecular flexibility index (Phi) is 3.46. The second-order valence-electron chi connectivity index (χ2n) is 4.80. The van der Waals surface area contributed by atoms with Crippen molar-refractivity contribution < 1.29 is 0 Å². The standard InChI is InChI=1S/C15H15N5/c16-9-12-10-17-7-4-14(12)19-13-5-8-20(11-13)15-3-1-2-6-18-15/h1-4,6-7,10,13H,5,8,11H2,(H,17,19). The molecule has 1 aliphatic heterocycles. The predicted molar refractivity (Wildman–Crippen MR) is 77.4 cm³/mol. The fourth-order valence-electron chi connectivity index (χ4n) is 2.46. The summed E-state index contributed by atoms with van der Waals surface area (Å²) in [6.45, 7) is 1.87. The highest BCUT2D eigenvalue weighted by Gasteiger charge is 2.23. The van der Waals surface area contributed by atoms with Crippen LogP contribution in [0.1, 0.15) is 12.0 Å². The summed E-state index contributed by atoms with van der Waals surface area (Å²) < 4.78 is 0. The maximum atomic E-state index is 9.07. The molecule has 5 heteroatoms. The smallest absolute Gasteiger partial charge is 0.128 e. The number of nitrogens with zero attached hydrogens (tertiary/aromatic N) is 4. The largest absolute Gasteiger partial charge is 0.379 e. The van der Waals surface area contributed by atoms with Crippen LogP contribution in [0.5, 0.6) is 0 Å². The normalized spacial score (nSPS) is 17.8. The summed E-state index contributed by atoms with van der Waals surface area (Å²) >= 11 is 0. The molecule has 1 unspecified atom stereocenters. The molecule has 3 rings (SSSR count). The summed E-state index contributed by atoms with van der Waals surface area (Å²) in [5.74, 6) is 1.01. The van der Waals surface area contributed by atoms with Crippen molar-refractivity contribution in [1.29, 1.82) is 5.26 Å². The quantitative estimate of drug-likeness (QED) is 0.920. The Morgan fingerprint density at radius 1 is 1.30 bits per heavy atom. The number of rotatable bonds is 3. The van der Waals surface area contributed by atoms with Crippen molar-refractivity contribution in [2.24, 2.45) is 0 Å². The predicted octanol–water partition coefficient (Wildman–Crippen LogP) is 2.04. The molecule has 0 spiro atoms. The second-order valence-corrected chi connectivity index (χ2v) is 4.80. The molecule has 5 nitrogen and oxygen atoms in total. The first-order chi connectivity index (χ1) is 9.86. The number of nitrogens with one attached hydrogen (secondary N) is 1. The van der Waals surface area contributed by atoms with Crippen LogP contribution in [0.2, 0.25) is 0 Å². The number of nitriles is 1. The molecular weight excluding hydrogens is 250 g/mol. The monoisotopic (exact) mass is 265 g/mol. The molecule has 3 heterocycles. The Hall–Kier alpha value is -2.61. The highest BCUT2D eigenvalue weighted by atomic mass is 15.2. The first kappa shape index (κ1) is 12.4. The van der Waals surface area contributed by atoms with Crippen molar-refractivity contribution in [1.82, 2.24) is 9.97 Å². The van der Waals surface area contributed by atoms with Crippen LogP contribution >= 0.6 is 0 Å². The SMILES string of the molecule is N#Cc1cnccc1NC1CCN(c2ccccn2)C1. The van der Waals surface area contributed by atoms with Crippen molar-refractivity contribution in [3.8, 4) is 6.07 Å². The lowest BCUT2D eigenvalue weighted by Gasteiger charge is -2.18. The summed E-state index contributed by atoms with van der Waals surface area (Å²) in [6, 6.07) is 10.3. The van der Waals surface area contributed by atoms with E-state index in [0.717, 1.165) is 31.0 Å². The fourth-order valence-corrected chi connectivity index (χ4v) is 2.46. The Morgan fingerprint density at radius 3 is 3.05 bits per heavy atom. The highest BCUT2D eigenvalue weighted by molar-refractivity contribution is 5.57. The minimum Gasteiger partial charge on any atom is -0.379 e. The van der Waals surface area contributed by atoms with Crippen LogP contribution in [-0.4, -0.2) is 29.1 Å². The van der Waals surface area contributed by atoms with Gasteiger partial charge < -0.3 is 10.2 Å². The molecular formula is C15H15N5. The molecule has 2 aromatic rings. The lowest BCUT2D eigenvalue weighted by molar-refractivity contribution is 0.805. The lowest BCUT2D eigenvalue weighted by atomic mass is 10.2. The lowest BCUT2D eigenvalue weighted by Crippen LogP contribution is -2.26. The van der Waals surface area contributed by atoms with Gasteiger partial charge in [-0.3, -0.25) is 4.98 Å². The zero-order valence-electron chi connectivity index (χ0n) is 11.0. The molecule has 1 aliphatic rings. The van der Waals surface area contributed by atoms with E-state index in [0.29, 0.717) is 11.6 Å². The van der Waals surface area contributed by atoms with Crippen LogP contribution in [0, 0.1) is 11.3 Å². The molecule has 2 aromatic heterocycles. The van der Waals surface area contributed by atoms with Crippen LogP contribution in [0.15, 0.2) is 42.9 Å². The third-order valence-electron chi connectivity index (χ3n) is 3.46. The zero-order chi connectivity index (χ0) is 13.8. The van der Waals surface area contributed by atoms with Gasteiger partial charge >= 0.3 is 0 Å². The van der Waals surface area contributed by atoms with E-state index in [-0.39, 0.29) is 0 Å². The Balaban J connectivity index is 1.68. The Labute approximate surface area is 117 Å². The minimum absolute atomic E-state index is 0.325. The highest BCUT2D eigenvalue weighted by Crippen LogP contribution is 2.21. The third-order valence-corrected chi connectivity index (χ3v) is 3.46. The van der Waals surface area contributed by atoms with E-state index in [1.165, 1.54) is 0 Å². The van der Waals surface area contributed by atoms with E-state index < -0.39 is 0 Å². The van der Waals surface area contributed by atoms with Gasteiger partial charge in [-0.25, -0.2) is 4.98 Å². The van der Waals surface area contributed by atoms with Crippen LogP contribution in [-0.2, 0) is 0 Å². The van der Waals surface area contributed by atoms with Gasteiger partial charge in [0.2, 0.25) is 0 Å². The number of aromatic nitrogens is 2. The number of hydrogen-bond donors (Lipinski definition) is 1. The van der Waals surface area contributed by atoms with Crippen molar-refractivity contribution in [3.05, 3.63) is 48.4 Å². The van der Waals surface area contributed by atoms with E-state index in [9.17, 15) is 0 Å². The van der Waals surface area contributed by atoms with Gasteiger partial charge in [0.1, 0.15) is 11.9 Å². The molecule has 1 N–H and O–H groups in total. The van der Waals surface area contributed by atoms with Crippen LogP contribution in [0.4, 0.5) is 11.5 Å². The Bertz CT molecular complexity index is 620. The number of anilines is 2. The van der Waals surface area contributed by atoms with E-state index in [1.54, 1.807) is 12.4 Å². The van der Waals surface area contributed by atoms with Crippen molar-refractivity contribution in [2.45, 2.75) is 12.5 Å². The van der Waals surface area contributed by atoms with Gasteiger partial charge in [0.15, 0.2) is 0 Å². The zero-order valence-corrected chi connectivity index (χ0v) is 11.0. The maximum absolute atomic E-state index is 9.07. The van der Waals surface area contributed by atoms with E-state index in [4.69, 9.17) is 5.26 Å². The van der Waals surface area contributed by atoms with Crippen molar-refractivity contribution >= 4 is 11.5 Å². The van der Waals surface area contributed by atoms with Gasteiger partial charge in [0, 0.05) is 37.7 Å². The van der Waals surface area contributed by atoms with E-state index in [2.05, 4.69) is 26.3 Å². The van der Waals surface area contributed by atoms with Gasteiger partial charge in [0.25, 0.3) is 0 Å². The first-order valence-corrected chi connectivity index (χ1v) is 6.63. The van der Waals surface area contributed by atoms with Crippen molar-refractivity contribution in [2.75, 3.05) is 23.3 Å². The van der Waals surface area contributed by atoms with Gasteiger partial charge in [-0.05, 0) is 24.6 Å². The molecule has 20 heavy (non-hydrogen) atoms. The fraction of sp³-hybridized carbons (Fsp3) is 0.267. The number of pyridine rings is 2. The third kappa shape index (κ3) is 2.54. The summed E-state index contributed by atoms with van der Waals surface area (Å²) in [5, 5.41) is 12.5. The molecule has 0 radical (unpaired) electrons. The molecule has 1 fully saturated rings. The summed E-state index contributed by atoms with van der Waals surface area (Å²) in [7, 11) is 0. The molecule has 1 saturated heterocycles. The first-order valence-electron chi connectivity index (χ1n) is 6.63. The summed E-state index contributed by atoms with van der Waals surface area (Å²) in [6.07, 6.45) is 6.14.